The molecule has 7 heteroatoms. The maximum absolute atomic E-state index is 11.9. The van der Waals surface area contributed by atoms with Gasteiger partial charge in [-0.3, -0.25) is 0 Å². The van der Waals surface area contributed by atoms with Gasteiger partial charge in [0.1, 0.15) is 0 Å². The van der Waals surface area contributed by atoms with E-state index in [0.717, 1.165) is 25.7 Å². The van der Waals surface area contributed by atoms with E-state index >= 15 is 0 Å². The Morgan fingerprint density at radius 3 is 1.34 bits per heavy atom. The van der Waals surface area contributed by atoms with E-state index in [2.05, 4.69) is 23.7 Å². The molecule has 0 unspecified atom stereocenters. The molecule has 0 spiro atoms. The van der Waals surface area contributed by atoms with Crippen molar-refractivity contribution < 1.29 is 19.1 Å². The quantitative estimate of drug-likeness (QED) is 0.0920. The van der Waals surface area contributed by atoms with Crippen molar-refractivity contribution in [2.75, 3.05) is 24.7 Å². The zero-order valence-electron chi connectivity index (χ0n) is 19.3. The van der Waals surface area contributed by atoms with Crippen LogP contribution < -0.4 is 0 Å². The van der Waals surface area contributed by atoms with Gasteiger partial charge in [-0.2, -0.15) is 0 Å². The first kappa shape index (κ1) is 29.4. The van der Waals surface area contributed by atoms with Gasteiger partial charge in [-0.05, 0) is 0 Å². The number of unbranched alkanes of at least 4 members (excludes halogenated alkanes) is 10. The summed E-state index contributed by atoms with van der Waals surface area (Å²) in [4.78, 5) is 28.3. The molecule has 0 amide bonds. The number of hydrogen-bond acceptors (Lipinski definition) is 6. The van der Waals surface area contributed by atoms with Crippen molar-refractivity contribution in [3.05, 3.63) is 0 Å². The standard InChI is InChI=1S/2C10H20O2S.2CH3.Sn/c2*1-2-3-4-5-6-7-8-12-10(11)9-13;;;/h2*13H,2-9H2,1H3;2*1H3;/q;;;;+2/p-2. The van der Waals surface area contributed by atoms with Gasteiger partial charge >= 0.3 is 190 Å². The Morgan fingerprint density at radius 2 is 0.966 bits per heavy atom. The molecule has 29 heavy (non-hydrogen) atoms. The van der Waals surface area contributed by atoms with Gasteiger partial charge < -0.3 is 0 Å². The molecule has 0 heterocycles. The molecule has 0 aliphatic carbocycles. The van der Waals surface area contributed by atoms with Gasteiger partial charge in [-0.15, -0.1) is 0 Å². The Labute approximate surface area is 189 Å². The molecule has 0 aromatic heterocycles. The molecule has 0 bridgehead atoms. The van der Waals surface area contributed by atoms with Crippen LogP contribution in [0.25, 0.3) is 0 Å². The summed E-state index contributed by atoms with van der Waals surface area (Å²) in [5, 5.41) is 0. The number of hydrogen-bond donors (Lipinski definition) is 0. The van der Waals surface area contributed by atoms with Crippen LogP contribution in [0.15, 0.2) is 0 Å². The van der Waals surface area contributed by atoms with Crippen LogP contribution in [0.2, 0.25) is 9.88 Å². The molecule has 0 fully saturated rings. The van der Waals surface area contributed by atoms with Crippen LogP contribution in [-0.4, -0.2) is 52.3 Å². The fraction of sp³-hybridized carbons (Fsp3) is 0.909. The van der Waals surface area contributed by atoms with Gasteiger partial charge in [0.05, 0.1) is 0 Å². The third kappa shape index (κ3) is 21.5. The van der Waals surface area contributed by atoms with Crippen LogP contribution in [0.1, 0.15) is 90.9 Å². The van der Waals surface area contributed by atoms with E-state index in [4.69, 9.17) is 9.47 Å². The summed E-state index contributed by atoms with van der Waals surface area (Å²) in [6, 6.07) is 0. The van der Waals surface area contributed by atoms with Gasteiger partial charge in [-0.25, -0.2) is 0 Å². The predicted octanol–water partition coefficient (Wildman–Crippen LogP) is 6.96. The SMILES string of the molecule is CCCCCCCCOC(=O)C[S][Sn]([CH3])([CH3])[S]CC(=O)OCCCCCCCC. The maximum atomic E-state index is 11.9. The summed E-state index contributed by atoms with van der Waals surface area (Å²) in [5.74, 6) is 0.608. The van der Waals surface area contributed by atoms with Crippen molar-refractivity contribution in [1.82, 2.24) is 0 Å². The molecular formula is C22H44O4S2Sn. The number of esters is 2. The Bertz CT molecular complexity index is 384. The molecular weight excluding hydrogens is 511 g/mol. The molecule has 4 nitrogen and oxygen atoms in total. The van der Waals surface area contributed by atoms with Gasteiger partial charge in [0.15, 0.2) is 0 Å². The zero-order valence-corrected chi connectivity index (χ0v) is 23.8. The van der Waals surface area contributed by atoms with E-state index in [1.165, 1.54) is 51.4 Å². The second-order valence-corrected chi connectivity index (χ2v) is 37.5. The van der Waals surface area contributed by atoms with Crippen LogP contribution in [0, 0.1) is 0 Å². The Hall–Kier alpha value is 0.439. The zero-order chi connectivity index (χ0) is 21.8. The van der Waals surface area contributed by atoms with E-state index in [-0.39, 0.29) is 11.9 Å². The van der Waals surface area contributed by atoms with Crippen molar-refractivity contribution in [2.45, 2.75) is 101 Å². The topological polar surface area (TPSA) is 52.6 Å². The summed E-state index contributed by atoms with van der Waals surface area (Å²) in [7, 11) is 3.47. The summed E-state index contributed by atoms with van der Waals surface area (Å²) in [6.45, 7) is 5.51. The minimum absolute atomic E-state index is 0.111. The molecule has 172 valence electrons. The Kier molecular flexibility index (Phi) is 20.7. The van der Waals surface area contributed by atoms with Crippen molar-refractivity contribution >= 4 is 45.4 Å². The first-order valence-corrected chi connectivity index (χ1v) is 26.2. The van der Waals surface area contributed by atoms with Gasteiger partial charge in [0, 0.05) is 0 Å². The van der Waals surface area contributed by atoms with Gasteiger partial charge in [0.2, 0.25) is 0 Å². The number of carbonyl (C=O) groups is 2. The van der Waals surface area contributed by atoms with Crippen LogP contribution >= 0.6 is 17.9 Å². The van der Waals surface area contributed by atoms with Crippen LogP contribution in [0.3, 0.4) is 0 Å². The molecule has 0 atom stereocenters. The van der Waals surface area contributed by atoms with Crippen LogP contribution in [-0.2, 0) is 19.1 Å². The van der Waals surface area contributed by atoms with Crippen molar-refractivity contribution in [2.24, 2.45) is 0 Å². The Morgan fingerprint density at radius 1 is 0.621 bits per heavy atom. The summed E-state index contributed by atoms with van der Waals surface area (Å²) < 4.78 is 10.7. The van der Waals surface area contributed by atoms with E-state index in [9.17, 15) is 9.59 Å². The fourth-order valence-corrected chi connectivity index (χ4v) is 16.6. The minimum atomic E-state index is -2.51. The Balaban J connectivity index is 3.67. The average molecular weight is 555 g/mol. The van der Waals surface area contributed by atoms with E-state index in [1.807, 2.05) is 0 Å². The normalized spacial score (nSPS) is 11.4. The monoisotopic (exact) mass is 556 g/mol. The van der Waals surface area contributed by atoms with Gasteiger partial charge in [0.25, 0.3) is 0 Å². The van der Waals surface area contributed by atoms with Gasteiger partial charge in [-0.1, -0.05) is 0 Å². The number of ether oxygens (including phenoxy) is 2. The molecule has 0 rings (SSSR count). The van der Waals surface area contributed by atoms with Crippen LogP contribution in [0.5, 0.6) is 0 Å². The first-order chi connectivity index (χ1) is 13.9. The molecule has 0 aliphatic rings. The summed E-state index contributed by atoms with van der Waals surface area (Å²) in [5.41, 5.74) is 0. The average Bonchev–Trinajstić information content (AvgIpc) is 2.69. The fourth-order valence-electron chi connectivity index (χ4n) is 2.73. The molecule has 0 radical (unpaired) electrons. The molecule has 0 aromatic carbocycles. The van der Waals surface area contributed by atoms with Crippen LogP contribution in [0.4, 0.5) is 0 Å². The van der Waals surface area contributed by atoms with Crippen molar-refractivity contribution in [3.63, 3.8) is 0 Å². The molecule has 0 N–H and O–H groups in total. The third-order valence-corrected chi connectivity index (χ3v) is 25.9. The number of rotatable bonds is 20. The number of carbonyl (C=O) groups excluding carboxylic acids is 2. The molecule has 0 aromatic rings. The second-order valence-electron chi connectivity index (χ2n) is 7.95. The van der Waals surface area contributed by atoms with Crippen molar-refractivity contribution in [1.29, 1.82) is 0 Å². The van der Waals surface area contributed by atoms with E-state index < -0.39 is 15.6 Å². The summed E-state index contributed by atoms with van der Waals surface area (Å²) in [6.07, 6.45) is 14.3. The summed E-state index contributed by atoms with van der Waals surface area (Å²) >= 11 is -2.51. The molecule has 0 saturated carbocycles. The molecule has 0 saturated heterocycles. The predicted molar refractivity (Wildman–Crippen MR) is 131 cm³/mol. The molecule has 0 aliphatic heterocycles. The van der Waals surface area contributed by atoms with Crippen molar-refractivity contribution in [3.8, 4) is 0 Å². The first-order valence-electron chi connectivity index (χ1n) is 11.5. The third-order valence-electron chi connectivity index (χ3n) is 4.60. The van der Waals surface area contributed by atoms with E-state index in [1.54, 1.807) is 17.9 Å². The second kappa shape index (κ2) is 20.3. The van der Waals surface area contributed by atoms with E-state index in [0.29, 0.717) is 24.7 Å².